The van der Waals surface area contributed by atoms with Crippen LogP contribution in [-0.2, 0) is 0 Å². The summed E-state index contributed by atoms with van der Waals surface area (Å²) in [4.78, 5) is 3.15. The van der Waals surface area contributed by atoms with Crippen LogP contribution in [0.5, 0.6) is 0 Å². The number of benzene rings is 1. The molecule has 3 nitrogen and oxygen atoms in total. The molecule has 16 heavy (non-hydrogen) atoms. The minimum atomic E-state index is -0.507. The molecule has 0 aliphatic heterocycles. The van der Waals surface area contributed by atoms with Crippen molar-refractivity contribution in [3.05, 3.63) is 36.0 Å². The lowest BCUT2D eigenvalue weighted by molar-refractivity contribution is 0.0980. The fourth-order valence-corrected chi connectivity index (χ4v) is 1.88. The maximum atomic E-state index is 9.94. The maximum absolute atomic E-state index is 9.94. The number of aromatic amines is 1. The Kier molecular flexibility index (Phi) is 2.99. The molecule has 3 heteroatoms. The lowest BCUT2D eigenvalue weighted by atomic mass is 9.94. The Morgan fingerprint density at radius 3 is 2.69 bits per heavy atom. The summed E-state index contributed by atoms with van der Waals surface area (Å²) < 4.78 is 0. The third-order valence-corrected chi connectivity index (χ3v) is 3.01. The predicted molar refractivity (Wildman–Crippen MR) is 66.1 cm³/mol. The molecule has 2 rings (SSSR count). The molecule has 0 unspecified atom stereocenters. The number of nitrogens with two attached hydrogens (primary N) is 1. The van der Waals surface area contributed by atoms with Crippen molar-refractivity contribution in [1.82, 2.24) is 4.98 Å². The summed E-state index contributed by atoms with van der Waals surface area (Å²) in [6, 6.07) is 7.70. The van der Waals surface area contributed by atoms with Gasteiger partial charge in [-0.1, -0.05) is 26.0 Å². The smallest absolute Gasteiger partial charge is 0.0755 e. The van der Waals surface area contributed by atoms with E-state index >= 15 is 0 Å². The number of H-pyrrole nitrogens is 1. The highest BCUT2D eigenvalue weighted by molar-refractivity contribution is 5.79. The van der Waals surface area contributed by atoms with Crippen LogP contribution in [-0.4, -0.2) is 16.2 Å². The van der Waals surface area contributed by atoms with Gasteiger partial charge in [0.25, 0.3) is 0 Å². The summed E-state index contributed by atoms with van der Waals surface area (Å²) in [5.74, 6) is 0.161. The third-order valence-electron chi connectivity index (χ3n) is 3.01. The van der Waals surface area contributed by atoms with E-state index in [4.69, 9.17) is 5.73 Å². The average Bonchev–Trinajstić information content (AvgIpc) is 2.73. The van der Waals surface area contributed by atoms with Crippen LogP contribution in [0.4, 0.5) is 0 Å². The van der Waals surface area contributed by atoms with Crippen molar-refractivity contribution < 1.29 is 5.11 Å². The molecule has 1 heterocycles. The van der Waals surface area contributed by atoms with Gasteiger partial charge in [0.2, 0.25) is 0 Å². The molecule has 1 aromatic heterocycles. The molecule has 0 radical (unpaired) electrons. The summed E-state index contributed by atoms with van der Waals surface area (Å²) in [5.41, 5.74) is 8.06. The van der Waals surface area contributed by atoms with E-state index < -0.39 is 6.10 Å². The Bertz CT molecular complexity index is 475. The number of hydrogen-bond donors (Lipinski definition) is 3. The maximum Gasteiger partial charge on any atom is 0.0755 e. The first-order chi connectivity index (χ1) is 7.59. The van der Waals surface area contributed by atoms with Crippen molar-refractivity contribution in [2.45, 2.75) is 26.0 Å². The zero-order valence-electron chi connectivity index (χ0n) is 9.64. The highest BCUT2D eigenvalue weighted by Gasteiger charge is 2.20. The van der Waals surface area contributed by atoms with Gasteiger partial charge in [0, 0.05) is 11.7 Å². The number of aromatic nitrogens is 1. The fraction of sp³-hybridized carbons (Fsp3) is 0.385. The van der Waals surface area contributed by atoms with Gasteiger partial charge in [-0.25, -0.2) is 0 Å². The normalized spacial score (nSPS) is 15.6. The Balaban J connectivity index is 2.32. The van der Waals surface area contributed by atoms with Gasteiger partial charge < -0.3 is 15.8 Å². The van der Waals surface area contributed by atoms with E-state index in [1.807, 2.05) is 44.3 Å². The van der Waals surface area contributed by atoms with E-state index in [0.717, 1.165) is 16.5 Å². The molecule has 0 aliphatic rings. The molecule has 0 amide bonds. The van der Waals surface area contributed by atoms with Crippen molar-refractivity contribution in [3.63, 3.8) is 0 Å². The van der Waals surface area contributed by atoms with Gasteiger partial charge in [0.1, 0.15) is 0 Å². The second-order valence-corrected chi connectivity index (χ2v) is 4.58. The van der Waals surface area contributed by atoms with Crippen LogP contribution in [0.3, 0.4) is 0 Å². The summed E-state index contributed by atoms with van der Waals surface area (Å²) in [7, 11) is 0. The van der Waals surface area contributed by atoms with Crippen LogP contribution in [0.1, 0.15) is 25.5 Å². The van der Waals surface area contributed by atoms with Crippen molar-refractivity contribution in [1.29, 1.82) is 0 Å². The highest BCUT2D eigenvalue weighted by atomic mass is 16.3. The van der Waals surface area contributed by atoms with E-state index in [-0.39, 0.29) is 12.0 Å². The van der Waals surface area contributed by atoms with Crippen LogP contribution in [0.15, 0.2) is 30.5 Å². The first-order valence-electron chi connectivity index (χ1n) is 5.60. The Morgan fingerprint density at radius 2 is 2.00 bits per heavy atom. The van der Waals surface area contributed by atoms with Crippen LogP contribution in [0, 0.1) is 5.92 Å². The minimum Gasteiger partial charge on any atom is -0.391 e. The molecular formula is C13H18N2O. The van der Waals surface area contributed by atoms with E-state index in [9.17, 15) is 5.11 Å². The zero-order chi connectivity index (χ0) is 11.7. The number of nitrogens with one attached hydrogen (secondary N) is 1. The summed E-state index contributed by atoms with van der Waals surface area (Å²) in [6.45, 7) is 3.94. The number of fused-ring (bicyclic) bond motifs is 1. The van der Waals surface area contributed by atoms with Crippen LogP contribution < -0.4 is 5.73 Å². The highest BCUT2D eigenvalue weighted by Crippen LogP contribution is 2.23. The number of aliphatic hydroxyl groups excluding tert-OH is 1. The monoisotopic (exact) mass is 218 g/mol. The predicted octanol–water partition coefficient (Wildman–Crippen LogP) is 2.18. The summed E-state index contributed by atoms with van der Waals surface area (Å²) >= 11 is 0. The first-order valence-corrected chi connectivity index (χ1v) is 5.60. The third kappa shape index (κ3) is 1.96. The van der Waals surface area contributed by atoms with Gasteiger partial charge in [0.05, 0.1) is 12.1 Å². The zero-order valence-corrected chi connectivity index (χ0v) is 9.64. The molecule has 2 aromatic rings. The Hall–Kier alpha value is -1.32. The molecule has 0 saturated heterocycles. The molecule has 0 bridgehead atoms. The van der Waals surface area contributed by atoms with Gasteiger partial charge in [-0.3, -0.25) is 0 Å². The molecule has 4 N–H and O–H groups in total. The van der Waals surface area contributed by atoms with Crippen molar-refractivity contribution >= 4 is 10.9 Å². The van der Waals surface area contributed by atoms with Gasteiger partial charge in [-0.05, 0) is 29.0 Å². The van der Waals surface area contributed by atoms with E-state index in [1.165, 1.54) is 0 Å². The minimum absolute atomic E-state index is 0.161. The Labute approximate surface area is 95.3 Å². The molecule has 0 aliphatic carbocycles. The Morgan fingerprint density at radius 1 is 1.25 bits per heavy atom. The van der Waals surface area contributed by atoms with E-state index in [1.54, 1.807) is 0 Å². The molecule has 86 valence electrons. The molecule has 0 saturated carbocycles. The summed E-state index contributed by atoms with van der Waals surface area (Å²) in [5, 5.41) is 11.1. The average molecular weight is 218 g/mol. The molecule has 2 atom stereocenters. The number of hydrogen-bond acceptors (Lipinski definition) is 2. The van der Waals surface area contributed by atoms with Gasteiger partial charge in [-0.2, -0.15) is 0 Å². The van der Waals surface area contributed by atoms with Crippen molar-refractivity contribution in [3.8, 4) is 0 Å². The SMILES string of the molecule is CC(C)[C@@H](O)[C@@H](N)c1ccc2cc[nH]c2c1. The molecule has 1 aromatic carbocycles. The topological polar surface area (TPSA) is 62.0 Å². The largest absolute Gasteiger partial charge is 0.391 e. The molecule has 0 fully saturated rings. The molecular weight excluding hydrogens is 200 g/mol. The van der Waals surface area contributed by atoms with Crippen LogP contribution >= 0.6 is 0 Å². The standard InChI is InChI=1S/C13H18N2O/c1-8(2)13(16)12(14)10-4-3-9-5-6-15-11(9)7-10/h3-8,12-13,15-16H,14H2,1-2H3/t12-,13+/m0/s1. The molecule has 0 spiro atoms. The number of rotatable bonds is 3. The van der Waals surface area contributed by atoms with E-state index in [2.05, 4.69) is 4.98 Å². The summed E-state index contributed by atoms with van der Waals surface area (Å²) in [6.07, 6.45) is 1.39. The van der Waals surface area contributed by atoms with Crippen LogP contribution in [0.2, 0.25) is 0 Å². The van der Waals surface area contributed by atoms with Gasteiger partial charge in [0.15, 0.2) is 0 Å². The second kappa shape index (κ2) is 4.28. The second-order valence-electron chi connectivity index (χ2n) is 4.58. The van der Waals surface area contributed by atoms with Gasteiger partial charge in [-0.15, -0.1) is 0 Å². The van der Waals surface area contributed by atoms with Crippen LogP contribution in [0.25, 0.3) is 10.9 Å². The van der Waals surface area contributed by atoms with Gasteiger partial charge >= 0.3 is 0 Å². The number of aliphatic hydroxyl groups is 1. The van der Waals surface area contributed by atoms with Crippen molar-refractivity contribution in [2.24, 2.45) is 11.7 Å². The first kappa shape index (κ1) is 11.2. The van der Waals surface area contributed by atoms with E-state index in [0.29, 0.717) is 0 Å². The quantitative estimate of drug-likeness (QED) is 0.739. The lowest BCUT2D eigenvalue weighted by Gasteiger charge is -2.22. The fourth-order valence-electron chi connectivity index (χ4n) is 1.88. The van der Waals surface area contributed by atoms with Crippen molar-refractivity contribution in [2.75, 3.05) is 0 Å². The lowest BCUT2D eigenvalue weighted by Crippen LogP contribution is -2.30.